The number of rotatable bonds is 8. The van der Waals surface area contributed by atoms with Crippen LogP contribution in [0, 0.1) is 0 Å². The Labute approximate surface area is 169 Å². The molecule has 28 heavy (non-hydrogen) atoms. The fourth-order valence-electron chi connectivity index (χ4n) is 3.38. The molecule has 0 saturated heterocycles. The fraction of sp³-hybridized carbons (Fsp3) is 0.381. The first kappa shape index (κ1) is 20.3. The predicted molar refractivity (Wildman–Crippen MR) is 110 cm³/mol. The maximum absolute atomic E-state index is 11.6. The van der Waals surface area contributed by atoms with E-state index in [1.807, 2.05) is 16.7 Å². The molecule has 0 aliphatic carbocycles. The van der Waals surface area contributed by atoms with Crippen LogP contribution in [-0.4, -0.2) is 41.1 Å². The molecule has 0 spiro atoms. The van der Waals surface area contributed by atoms with Crippen molar-refractivity contribution in [3.63, 3.8) is 0 Å². The van der Waals surface area contributed by atoms with Gasteiger partial charge in [0.15, 0.2) is 11.4 Å². The van der Waals surface area contributed by atoms with E-state index in [4.69, 9.17) is 26.1 Å². The Bertz CT molecular complexity index is 1000. The molecule has 0 aliphatic rings. The first-order valence-corrected chi connectivity index (χ1v) is 9.60. The molecule has 0 bridgehead atoms. The van der Waals surface area contributed by atoms with Crippen LogP contribution >= 0.6 is 11.6 Å². The van der Waals surface area contributed by atoms with Crippen LogP contribution in [0.15, 0.2) is 30.5 Å². The summed E-state index contributed by atoms with van der Waals surface area (Å²) < 4.78 is 12.8. The number of carbonyl (C=O) groups is 1. The molecular formula is C21H24ClN3O3. The number of ketones is 1. The number of carbonyl (C=O) groups excluding carboxylic acids is 1. The van der Waals surface area contributed by atoms with Gasteiger partial charge in [0.1, 0.15) is 5.52 Å². The molecule has 1 atom stereocenters. The van der Waals surface area contributed by atoms with Gasteiger partial charge in [-0.2, -0.15) is 4.98 Å². The Kier molecular flexibility index (Phi) is 6.31. The van der Waals surface area contributed by atoms with Crippen LogP contribution in [0.2, 0.25) is 5.02 Å². The lowest BCUT2D eigenvalue weighted by atomic mass is 10.0. The summed E-state index contributed by atoms with van der Waals surface area (Å²) in [4.78, 5) is 20.9. The molecule has 3 rings (SSSR count). The predicted octanol–water partition coefficient (Wildman–Crippen LogP) is 4.95. The Morgan fingerprint density at radius 2 is 2.04 bits per heavy atom. The summed E-state index contributed by atoms with van der Waals surface area (Å²) >= 11 is 6.49. The lowest BCUT2D eigenvalue weighted by Crippen LogP contribution is -2.12. The SMILES string of the molecule is CCC(CCOC)n1c(OC)nc2c(-c3ccc(C(C)=O)cc3Cl)ccnc21. The molecule has 0 radical (unpaired) electrons. The van der Waals surface area contributed by atoms with Gasteiger partial charge in [-0.05, 0) is 31.9 Å². The summed E-state index contributed by atoms with van der Waals surface area (Å²) in [5.74, 6) is -0.0248. The molecule has 1 unspecified atom stereocenters. The van der Waals surface area contributed by atoms with Gasteiger partial charge in [-0.3, -0.25) is 9.36 Å². The molecule has 1 aromatic carbocycles. The van der Waals surface area contributed by atoms with Crippen LogP contribution < -0.4 is 4.74 Å². The standard InChI is InChI=1S/C21H24ClN3O3/c1-5-15(9-11-27-3)25-20-19(24-21(25)28-4)17(8-10-23-20)16-7-6-14(13(2)26)12-18(16)22/h6-8,10,12,15H,5,9,11H2,1-4H3. The first-order chi connectivity index (χ1) is 13.5. The number of ether oxygens (including phenoxy) is 2. The Morgan fingerprint density at radius 3 is 2.64 bits per heavy atom. The number of imidazole rings is 1. The Balaban J connectivity index is 2.18. The van der Waals surface area contributed by atoms with E-state index in [0.717, 1.165) is 29.6 Å². The normalized spacial score (nSPS) is 12.3. The average Bonchev–Trinajstić information content (AvgIpc) is 3.07. The van der Waals surface area contributed by atoms with Crippen LogP contribution in [0.4, 0.5) is 0 Å². The molecule has 2 aromatic heterocycles. The van der Waals surface area contributed by atoms with Crippen molar-refractivity contribution in [3.05, 3.63) is 41.0 Å². The molecule has 0 aliphatic heterocycles. The van der Waals surface area contributed by atoms with Gasteiger partial charge in [0, 0.05) is 47.7 Å². The molecule has 0 fully saturated rings. The van der Waals surface area contributed by atoms with Crippen molar-refractivity contribution in [2.24, 2.45) is 0 Å². The second-order valence-corrected chi connectivity index (χ2v) is 7.00. The zero-order valence-electron chi connectivity index (χ0n) is 16.5. The number of nitrogens with zero attached hydrogens (tertiary/aromatic N) is 3. The number of hydrogen-bond donors (Lipinski definition) is 0. The van der Waals surface area contributed by atoms with Crippen LogP contribution in [0.5, 0.6) is 6.01 Å². The number of fused-ring (bicyclic) bond motifs is 1. The van der Waals surface area contributed by atoms with E-state index >= 15 is 0 Å². The highest BCUT2D eigenvalue weighted by Crippen LogP contribution is 2.36. The van der Waals surface area contributed by atoms with Crippen molar-refractivity contribution in [1.82, 2.24) is 14.5 Å². The van der Waals surface area contributed by atoms with E-state index in [9.17, 15) is 4.79 Å². The minimum atomic E-state index is -0.0248. The highest BCUT2D eigenvalue weighted by Gasteiger charge is 2.22. The monoisotopic (exact) mass is 401 g/mol. The number of hydrogen-bond acceptors (Lipinski definition) is 5. The van der Waals surface area contributed by atoms with Crippen molar-refractivity contribution < 1.29 is 14.3 Å². The Hall–Kier alpha value is -2.44. The van der Waals surface area contributed by atoms with Gasteiger partial charge in [-0.25, -0.2) is 4.98 Å². The van der Waals surface area contributed by atoms with Crippen molar-refractivity contribution in [2.75, 3.05) is 20.8 Å². The maximum Gasteiger partial charge on any atom is 0.298 e. The molecule has 0 saturated carbocycles. The van der Waals surface area contributed by atoms with Crippen molar-refractivity contribution in [1.29, 1.82) is 0 Å². The summed E-state index contributed by atoms with van der Waals surface area (Å²) in [6.07, 6.45) is 3.47. The van der Waals surface area contributed by atoms with Crippen molar-refractivity contribution in [2.45, 2.75) is 32.7 Å². The summed E-state index contributed by atoms with van der Waals surface area (Å²) in [5.41, 5.74) is 3.68. The molecule has 2 heterocycles. The van der Waals surface area contributed by atoms with Gasteiger partial charge in [-0.1, -0.05) is 30.7 Å². The highest BCUT2D eigenvalue weighted by molar-refractivity contribution is 6.34. The minimum Gasteiger partial charge on any atom is -0.468 e. The van der Waals surface area contributed by atoms with E-state index in [2.05, 4.69) is 11.9 Å². The number of pyridine rings is 1. The quantitative estimate of drug-likeness (QED) is 0.499. The average molecular weight is 402 g/mol. The molecule has 0 amide bonds. The van der Waals surface area contributed by atoms with Crippen LogP contribution in [0.25, 0.3) is 22.3 Å². The van der Waals surface area contributed by atoms with Gasteiger partial charge in [0.05, 0.1) is 7.11 Å². The minimum absolute atomic E-state index is 0.0248. The third-order valence-corrected chi connectivity index (χ3v) is 5.20. The van der Waals surface area contributed by atoms with E-state index in [1.54, 1.807) is 32.5 Å². The lowest BCUT2D eigenvalue weighted by Gasteiger charge is -2.18. The van der Waals surface area contributed by atoms with Crippen LogP contribution in [-0.2, 0) is 4.74 Å². The fourth-order valence-corrected chi connectivity index (χ4v) is 3.66. The number of benzene rings is 1. The van der Waals surface area contributed by atoms with E-state index in [0.29, 0.717) is 28.7 Å². The molecule has 0 N–H and O–H groups in total. The number of methoxy groups -OCH3 is 2. The van der Waals surface area contributed by atoms with E-state index in [-0.39, 0.29) is 11.8 Å². The topological polar surface area (TPSA) is 66.2 Å². The summed E-state index contributed by atoms with van der Waals surface area (Å²) in [6, 6.07) is 7.85. The highest BCUT2D eigenvalue weighted by atomic mass is 35.5. The second-order valence-electron chi connectivity index (χ2n) is 6.59. The zero-order valence-corrected chi connectivity index (χ0v) is 17.3. The number of aromatic nitrogens is 3. The summed E-state index contributed by atoms with van der Waals surface area (Å²) in [6.45, 7) is 4.28. The van der Waals surface area contributed by atoms with Gasteiger partial charge in [0.25, 0.3) is 6.01 Å². The van der Waals surface area contributed by atoms with Crippen molar-refractivity contribution in [3.8, 4) is 17.1 Å². The molecule has 6 nitrogen and oxygen atoms in total. The van der Waals surface area contributed by atoms with Gasteiger partial charge < -0.3 is 9.47 Å². The third kappa shape index (κ3) is 3.75. The molecular weight excluding hydrogens is 378 g/mol. The Morgan fingerprint density at radius 1 is 1.25 bits per heavy atom. The second kappa shape index (κ2) is 8.71. The van der Waals surface area contributed by atoms with Gasteiger partial charge in [0.2, 0.25) is 0 Å². The summed E-state index contributed by atoms with van der Waals surface area (Å²) in [7, 11) is 3.30. The molecule has 148 valence electrons. The number of Topliss-reactive ketones (excluding diaryl/α,β-unsaturated/α-hetero) is 1. The largest absolute Gasteiger partial charge is 0.468 e. The van der Waals surface area contributed by atoms with Gasteiger partial charge >= 0.3 is 0 Å². The molecule has 3 aromatic rings. The van der Waals surface area contributed by atoms with Crippen LogP contribution in [0.1, 0.15) is 43.1 Å². The zero-order chi connectivity index (χ0) is 20.3. The number of halogens is 1. The van der Waals surface area contributed by atoms with E-state index in [1.165, 1.54) is 6.92 Å². The van der Waals surface area contributed by atoms with E-state index < -0.39 is 0 Å². The lowest BCUT2D eigenvalue weighted by molar-refractivity contribution is 0.101. The van der Waals surface area contributed by atoms with Crippen molar-refractivity contribution >= 4 is 28.5 Å². The first-order valence-electron chi connectivity index (χ1n) is 9.22. The molecule has 7 heteroatoms. The smallest absolute Gasteiger partial charge is 0.298 e. The van der Waals surface area contributed by atoms with Gasteiger partial charge in [-0.15, -0.1) is 0 Å². The maximum atomic E-state index is 11.6. The third-order valence-electron chi connectivity index (χ3n) is 4.89. The summed E-state index contributed by atoms with van der Waals surface area (Å²) in [5, 5.41) is 0.500. The van der Waals surface area contributed by atoms with Crippen LogP contribution in [0.3, 0.4) is 0 Å².